The fourth-order valence-electron chi connectivity index (χ4n) is 4.16. The molecule has 2 aliphatic heterocycles. The third-order valence-corrected chi connectivity index (χ3v) is 5.70. The number of nitrogens with one attached hydrogen (secondary N) is 1. The summed E-state index contributed by atoms with van der Waals surface area (Å²) in [6, 6.07) is 5.06. The van der Waals surface area contributed by atoms with E-state index < -0.39 is 6.04 Å². The SMILES string of the molecule is O=C1CCC(N2Cc3c(OCC4CCNCC4)cccc3C2=O)C(=O)C1. The molecule has 1 N–H and O–H groups in total. The van der Waals surface area contributed by atoms with E-state index in [1.54, 1.807) is 11.0 Å². The molecule has 0 spiro atoms. The average Bonchev–Trinajstić information content (AvgIpc) is 2.98. The van der Waals surface area contributed by atoms with Crippen LogP contribution in [0.15, 0.2) is 18.2 Å². The van der Waals surface area contributed by atoms with Crippen LogP contribution in [0.3, 0.4) is 0 Å². The van der Waals surface area contributed by atoms with Gasteiger partial charge in [-0.2, -0.15) is 0 Å². The number of piperidine rings is 1. The van der Waals surface area contributed by atoms with Gasteiger partial charge in [0, 0.05) is 17.5 Å². The zero-order valence-electron chi connectivity index (χ0n) is 14.8. The monoisotopic (exact) mass is 356 g/mol. The van der Waals surface area contributed by atoms with Gasteiger partial charge in [0.15, 0.2) is 5.78 Å². The second-order valence-electron chi connectivity index (χ2n) is 7.46. The predicted octanol–water partition coefficient (Wildman–Crippen LogP) is 1.71. The first-order chi connectivity index (χ1) is 12.6. The summed E-state index contributed by atoms with van der Waals surface area (Å²) < 4.78 is 6.07. The number of nitrogens with zero attached hydrogens (tertiary/aromatic N) is 1. The summed E-state index contributed by atoms with van der Waals surface area (Å²) in [6.45, 7) is 3.09. The highest BCUT2D eigenvalue weighted by molar-refractivity contribution is 6.07. The maximum Gasteiger partial charge on any atom is 0.255 e. The molecule has 1 unspecified atom stereocenters. The van der Waals surface area contributed by atoms with Crippen molar-refractivity contribution in [3.05, 3.63) is 29.3 Å². The Morgan fingerprint density at radius 3 is 2.69 bits per heavy atom. The summed E-state index contributed by atoms with van der Waals surface area (Å²) >= 11 is 0. The number of benzene rings is 1. The van der Waals surface area contributed by atoms with E-state index in [2.05, 4.69) is 5.32 Å². The van der Waals surface area contributed by atoms with Crippen molar-refractivity contribution in [3.63, 3.8) is 0 Å². The number of ketones is 2. The van der Waals surface area contributed by atoms with E-state index in [9.17, 15) is 14.4 Å². The molecule has 1 saturated carbocycles. The summed E-state index contributed by atoms with van der Waals surface area (Å²) in [5.41, 5.74) is 1.49. The molecule has 2 heterocycles. The second-order valence-corrected chi connectivity index (χ2v) is 7.46. The molecule has 2 fully saturated rings. The van der Waals surface area contributed by atoms with Crippen LogP contribution in [0, 0.1) is 5.92 Å². The van der Waals surface area contributed by atoms with Gasteiger partial charge in [-0.3, -0.25) is 14.4 Å². The number of fused-ring (bicyclic) bond motifs is 1. The van der Waals surface area contributed by atoms with Crippen LogP contribution in [-0.4, -0.2) is 48.1 Å². The van der Waals surface area contributed by atoms with Gasteiger partial charge in [0.05, 0.1) is 25.6 Å². The third kappa shape index (κ3) is 3.26. The number of hydrogen-bond acceptors (Lipinski definition) is 5. The number of amides is 1. The lowest BCUT2D eigenvalue weighted by Gasteiger charge is -2.29. The highest BCUT2D eigenvalue weighted by atomic mass is 16.5. The number of ether oxygens (including phenoxy) is 1. The van der Waals surface area contributed by atoms with Crippen molar-refractivity contribution < 1.29 is 19.1 Å². The first kappa shape index (κ1) is 17.2. The molecule has 1 amide bonds. The van der Waals surface area contributed by atoms with Crippen molar-refractivity contribution >= 4 is 17.5 Å². The zero-order chi connectivity index (χ0) is 18.1. The van der Waals surface area contributed by atoms with Crippen molar-refractivity contribution in [1.29, 1.82) is 0 Å². The van der Waals surface area contributed by atoms with E-state index in [0.717, 1.165) is 37.2 Å². The molecule has 1 atom stereocenters. The van der Waals surface area contributed by atoms with Gasteiger partial charge in [-0.15, -0.1) is 0 Å². The van der Waals surface area contributed by atoms with E-state index in [-0.39, 0.29) is 23.9 Å². The molecule has 1 aromatic carbocycles. The van der Waals surface area contributed by atoms with Crippen molar-refractivity contribution in [3.8, 4) is 5.75 Å². The van der Waals surface area contributed by atoms with Crippen LogP contribution in [-0.2, 0) is 16.1 Å². The Morgan fingerprint density at radius 1 is 1.12 bits per heavy atom. The van der Waals surface area contributed by atoms with Crippen molar-refractivity contribution in [2.75, 3.05) is 19.7 Å². The number of hydrogen-bond donors (Lipinski definition) is 1. The van der Waals surface area contributed by atoms with Gasteiger partial charge < -0.3 is 15.0 Å². The summed E-state index contributed by atoms with van der Waals surface area (Å²) in [5.74, 6) is 0.989. The van der Waals surface area contributed by atoms with E-state index in [1.165, 1.54) is 0 Å². The fraction of sp³-hybridized carbons (Fsp3) is 0.550. The van der Waals surface area contributed by atoms with Gasteiger partial charge in [0.2, 0.25) is 0 Å². The normalized spacial score (nSPS) is 24.1. The Bertz CT molecular complexity index is 739. The van der Waals surface area contributed by atoms with Crippen LogP contribution < -0.4 is 10.1 Å². The highest BCUT2D eigenvalue weighted by Gasteiger charge is 2.40. The first-order valence-corrected chi connectivity index (χ1v) is 9.44. The molecule has 4 rings (SSSR count). The lowest BCUT2D eigenvalue weighted by atomic mass is 9.92. The van der Waals surface area contributed by atoms with Gasteiger partial charge in [-0.1, -0.05) is 6.07 Å². The minimum absolute atomic E-state index is 0.0265. The van der Waals surface area contributed by atoms with Crippen LogP contribution in [0.2, 0.25) is 0 Å². The number of carbonyl (C=O) groups excluding carboxylic acids is 3. The van der Waals surface area contributed by atoms with Crippen molar-refractivity contribution in [1.82, 2.24) is 10.2 Å². The Kier molecular flexibility index (Phi) is 4.76. The summed E-state index contributed by atoms with van der Waals surface area (Å²) in [6.07, 6.45) is 2.96. The van der Waals surface area contributed by atoms with E-state index in [1.807, 2.05) is 12.1 Å². The highest BCUT2D eigenvalue weighted by Crippen LogP contribution is 2.34. The molecule has 0 bridgehead atoms. The minimum Gasteiger partial charge on any atom is -0.493 e. The Hall–Kier alpha value is -2.21. The predicted molar refractivity (Wildman–Crippen MR) is 95.1 cm³/mol. The molecule has 1 saturated heterocycles. The van der Waals surface area contributed by atoms with Crippen LogP contribution >= 0.6 is 0 Å². The van der Waals surface area contributed by atoms with Crippen molar-refractivity contribution in [2.45, 2.75) is 44.7 Å². The third-order valence-electron chi connectivity index (χ3n) is 5.70. The summed E-state index contributed by atoms with van der Waals surface area (Å²) in [7, 11) is 0. The molecule has 1 aromatic rings. The minimum atomic E-state index is -0.482. The lowest BCUT2D eigenvalue weighted by Crippen LogP contribution is -2.44. The lowest BCUT2D eigenvalue weighted by molar-refractivity contribution is -0.133. The molecular formula is C20H24N2O4. The van der Waals surface area contributed by atoms with Gasteiger partial charge >= 0.3 is 0 Å². The Morgan fingerprint density at radius 2 is 1.92 bits per heavy atom. The van der Waals surface area contributed by atoms with Crippen LogP contribution in [0.4, 0.5) is 0 Å². The van der Waals surface area contributed by atoms with Gasteiger partial charge in [-0.25, -0.2) is 0 Å². The topological polar surface area (TPSA) is 75.7 Å². The number of rotatable bonds is 4. The van der Waals surface area contributed by atoms with Crippen molar-refractivity contribution in [2.24, 2.45) is 5.92 Å². The molecule has 6 nitrogen and oxygen atoms in total. The van der Waals surface area contributed by atoms with E-state index in [4.69, 9.17) is 4.74 Å². The van der Waals surface area contributed by atoms with Crippen LogP contribution in [0.25, 0.3) is 0 Å². The fourth-order valence-corrected chi connectivity index (χ4v) is 4.16. The standard InChI is InChI=1S/C20H24N2O4/c23-14-4-5-17(18(24)10-14)22-11-16-15(20(22)25)2-1-3-19(16)26-12-13-6-8-21-9-7-13/h1-3,13,17,21H,4-12H2. The van der Waals surface area contributed by atoms with E-state index in [0.29, 0.717) is 37.5 Å². The quantitative estimate of drug-likeness (QED) is 0.832. The van der Waals surface area contributed by atoms with Gasteiger partial charge in [-0.05, 0) is 50.4 Å². The maximum absolute atomic E-state index is 12.8. The van der Waals surface area contributed by atoms with Crippen LogP contribution in [0.1, 0.15) is 48.0 Å². The smallest absolute Gasteiger partial charge is 0.255 e. The molecule has 3 aliphatic rings. The summed E-state index contributed by atoms with van der Waals surface area (Å²) in [4.78, 5) is 38.2. The largest absolute Gasteiger partial charge is 0.493 e. The molecule has 0 radical (unpaired) electrons. The molecule has 26 heavy (non-hydrogen) atoms. The molecular weight excluding hydrogens is 332 g/mol. The maximum atomic E-state index is 12.8. The molecule has 0 aromatic heterocycles. The van der Waals surface area contributed by atoms with Gasteiger partial charge in [0.1, 0.15) is 11.5 Å². The number of Topliss-reactive ketones (excluding diaryl/α,β-unsaturated/α-hetero) is 2. The summed E-state index contributed by atoms with van der Waals surface area (Å²) in [5, 5.41) is 3.35. The second kappa shape index (κ2) is 7.19. The van der Waals surface area contributed by atoms with Gasteiger partial charge in [0.25, 0.3) is 5.91 Å². The number of carbonyl (C=O) groups is 3. The molecule has 6 heteroatoms. The Labute approximate surface area is 152 Å². The molecule has 138 valence electrons. The van der Waals surface area contributed by atoms with E-state index >= 15 is 0 Å². The Balaban J connectivity index is 1.48. The molecule has 1 aliphatic carbocycles. The average molecular weight is 356 g/mol. The van der Waals surface area contributed by atoms with Crippen LogP contribution in [0.5, 0.6) is 5.75 Å². The zero-order valence-corrected chi connectivity index (χ0v) is 14.8. The first-order valence-electron chi connectivity index (χ1n) is 9.44.